The third-order valence-corrected chi connectivity index (χ3v) is 4.67. The van der Waals surface area contributed by atoms with Crippen LogP contribution in [0.5, 0.6) is 0 Å². The van der Waals surface area contributed by atoms with Crippen LogP contribution in [0.25, 0.3) is 11.4 Å². The summed E-state index contributed by atoms with van der Waals surface area (Å²) in [6.45, 7) is 0. The molecule has 0 fully saturated rings. The lowest BCUT2D eigenvalue weighted by molar-refractivity contribution is -0.116. The van der Waals surface area contributed by atoms with Crippen LogP contribution in [0.1, 0.15) is 39.4 Å². The van der Waals surface area contributed by atoms with E-state index in [1.165, 1.54) is 13.1 Å². The van der Waals surface area contributed by atoms with E-state index in [-0.39, 0.29) is 24.1 Å². The van der Waals surface area contributed by atoms with Gasteiger partial charge in [-0.15, -0.1) is 0 Å². The molecule has 0 bridgehead atoms. The summed E-state index contributed by atoms with van der Waals surface area (Å²) in [5, 5.41) is 6.71. The van der Waals surface area contributed by atoms with Gasteiger partial charge < -0.3 is 9.84 Å². The van der Waals surface area contributed by atoms with Crippen molar-refractivity contribution in [2.24, 2.45) is 0 Å². The van der Waals surface area contributed by atoms with Crippen molar-refractivity contribution >= 4 is 23.4 Å². The lowest BCUT2D eigenvalue weighted by Crippen LogP contribution is -2.24. The lowest BCUT2D eigenvalue weighted by atomic mass is 10.1. The van der Waals surface area contributed by atoms with E-state index >= 15 is 0 Å². The molecule has 2 aromatic carbocycles. The molecule has 0 radical (unpaired) electrons. The summed E-state index contributed by atoms with van der Waals surface area (Å²) in [5.41, 5.74) is 2.00. The first-order chi connectivity index (χ1) is 14.0. The quantitative estimate of drug-likeness (QED) is 0.649. The Labute approximate surface area is 166 Å². The largest absolute Gasteiger partial charge is 0.339 e. The number of anilines is 1. The fourth-order valence-electron chi connectivity index (χ4n) is 3.12. The number of aromatic nitrogens is 2. The molecule has 8 heteroatoms. The molecule has 29 heavy (non-hydrogen) atoms. The Bertz CT molecular complexity index is 1090. The summed E-state index contributed by atoms with van der Waals surface area (Å²) in [4.78, 5) is 41.6. The van der Waals surface area contributed by atoms with Crippen LogP contribution in [0.3, 0.4) is 0 Å². The highest BCUT2D eigenvalue weighted by Gasteiger charge is 2.32. The molecule has 2 heterocycles. The van der Waals surface area contributed by atoms with E-state index in [0.29, 0.717) is 41.4 Å². The highest BCUT2D eigenvalue weighted by atomic mass is 16.5. The number of nitrogens with one attached hydrogen (secondary N) is 1. The van der Waals surface area contributed by atoms with E-state index in [2.05, 4.69) is 15.5 Å². The van der Waals surface area contributed by atoms with Crippen LogP contribution in [0, 0.1) is 0 Å². The van der Waals surface area contributed by atoms with Crippen molar-refractivity contribution < 1.29 is 18.9 Å². The second-order valence-corrected chi connectivity index (χ2v) is 6.71. The van der Waals surface area contributed by atoms with E-state index < -0.39 is 0 Å². The number of imide groups is 1. The maximum absolute atomic E-state index is 12.2. The van der Waals surface area contributed by atoms with Crippen molar-refractivity contribution in [1.82, 2.24) is 15.0 Å². The Kier molecular flexibility index (Phi) is 4.90. The Balaban J connectivity index is 1.31. The number of carbonyl (C=O) groups excluding carboxylic acids is 3. The number of hydrogen-bond donors (Lipinski definition) is 1. The summed E-state index contributed by atoms with van der Waals surface area (Å²) in [5.74, 6) is 0.0931. The van der Waals surface area contributed by atoms with Gasteiger partial charge in [0.05, 0.1) is 11.1 Å². The van der Waals surface area contributed by atoms with Crippen LogP contribution in [0.15, 0.2) is 53.1 Å². The SMILES string of the molecule is CN1C(=O)c2ccc(NC(=O)CCCc3nc(-c4ccccc4)no3)cc2C1=O. The van der Waals surface area contributed by atoms with E-state index in [9.17, 15) is 14.4 Å². The predicted molar refractivity (Wildman–Crippen MR) is 104 cm³/mol. The summed E-state index contributed by atoms with van der Waals surface area (Å²) >= 11 is 0. The third-order valence-electron chi connectivity index (χ3n) is 4.67. The fraction of sp³-hybridized carbons (Fsp3) is 0.190. The Morgan fingerprint density at radius 2 is 1.83 bits per heavy atom. The number of benzene rings is 2. The fourth-order valence-corrected chi connectivity index (χ4v) is 3.12. The second-order valence-electron chi connectivity index (χ2n) is 6.71. The van der Waals surface area contributed by atoms with Crippen LogP contribution >= 0.6 is 0 Å². The van der Waals surface area contributed by atoms with Gasteiger partial charge in [0, 0.05) is 31.1 Å². The van der Waals surface area contributed by atoms with Crippen LogP contribution in [0.2, 0.25) is 0 Å². The van der Waals surface area contributed by atoms with Gasteiger partial charge >= 0.3 is 0 Å². The van der Waals surface area contributed by atoms with Gasteiger partial charge in [-0.3, -0.25) is 19.3 Å². The molecular formula is C21H18N4O4. The molecule has 1 aliphatic heterocycles. The minimum atomic E-state index is -0.369. The summed E-state index contributed by atoms with van der Waals surface area (Å²) in [6, 6.07) is 14.2. The Morgan fingerprint density at radius 1 is 1.07 bits per heavy atom. The molecular weight excluding hydrogens is 372 g/mol. The number of fused-ring (bicyclic) bond motifs is 1. The van der Waals surface area contributed by atoms with Gasteiger partial charge in [-0.25, -0.2) is 0 Å². The van der Waals surface area contributed by atoms with Gasteiger partial charge in [0.15, 0.2) is 0 Å². The van der Waals surface area contributed by atoms with Crippen molar-refractivity contribution in [1.29, 1.82) is 0 Å². The lowest BCUT2D eigenvalue weighted by Gasteiger charge is -2.05. The molecule has 0 atom stereocenters. The number of aryl methyl sites for hydroxylation is 1. The zero-order valence-electron chi connectivity index (χ0n) is 15.7. The highest BCUT2D eigenvalue weighted by Crippen LogP contribution is 2.25. The molecule has 0 saturated carbocycles. The van der Waals surface area contributed by atoms with Crippen LogP contribution in [-0.2, 0) is 11.2 Å². The first-order valence-corrected chi connectivity index (χ1v) is 9.17. The normalized spacial score (nSPS) is 12.9. The molecule has 8 nitrogen and oxygen atoms in total. The van der Waals surface area contributed by atoms with Crippen molar-refractivity contribution in [2.75, 3.05) is 12.4 Å². The topological polar surface area (TPSA) is 105 Å². The number of nitrogens with zero attached hydrogens (tertiary/aromatic N) is 3. The maximum Gasteiger partial charge on any atom is 0.261 e. The van der Waals surface area contributed by atoms with E-state index in [1.54, 1.807) is 12.1 Å². The molecule has 0 spiro atoms. The van der Waals surface area contributed by atoms with Crippen molar-refractivity contribution in [3.8, 4) is 11.4 Å². The second kappa shape index (κ2) is 7.67. The number of hydrogen-bond acceptors (Lipinski definition) is 6. The zero-order valence-corrected chi connectivity index (χ0v) is 15.7. The zero-order chi connectivity index (χ0) is 20.4. The number of rotatable bonds is 6. The van der Waals surface area contributed by atoms with Gasteiger partial charge in [0.2, 0.25) is 17.6 Å². The molecule has 146 valence electrons. The molecule has 0 aliphatic carbocycles. The van der Waals surface area contributed by atoms with Gasteiger partial charge in [0.25, 0.3) is 11.8 Å². The van der Waals surface area contributed by atoms with E-state index in [1.807, 2.05) is 30.3 Å². The van der Waals surface area contributed by atoms with Crippen LogP contribution in [-0.4, -0.2) is 39.8 Å². The number of amides is 3. The molecule has 3 amide bonds. The maximum atomic E-state index is 12.2. The standard InChI is InChI=1S/C21H18N4O4/c1-25-20(27)15-11-10-14(12-16(15)21(25)28)22-17(26)8-5-9-18-23-19(24-29-18)13-6-3-2-4-7-13/h2-4,6-7,10-12H,5,8-9H2,1H3,(H,22,26). The molecule has 1 aliphatic rings. The minimum Gasteiger partial charge on any atom is -0.339 e. The van der Waals surface area contributed by atoms with Gasteiger partial charge in [0.1, 0.15) is 0 Å². The third kappa shape index (κ3) is 3.77. The number of carbonyl (C=O) groups is 3. The first-order valence-electron chi connectivity index (χ1n) is 9.17. The molecule has 1 N–H and O–H groups in total. The van der Waals surface area contributed by atoms with E-state index in [4.69, 9.17) is 4.52 Å². The van der Waals surface area contributed by atoms with Crippen molar-refractivity contribution in [3.63, 3.8) is 0 Å². The minimum absolute atomic E-state index is 0.196. The van der Waals surface area contributed by atoms with Crippen molar-refractivity contribution in [3.05, 3.63) is 65.5 Å². The summed E-state index contributed by atoms with van der Waals surface area (Å²) in [6.07, 6.45) is 1.27. The highest BCUT2D eigenvalue weighted by molar-refractivity contribution is 6.21. The van der Waals surface area contributed by atoms with Gasteiger partial charge in [-0.2, -0.15) is 4.98 Å². The Morgan fingerprint density at radius 3 is 2.62 bits per heavy atom. The smallest absolute Gasteiger partial charge is 0.261 e. The average molecular weight is 390 g/mol. The molecule has 4 rings (SSSR count). The summed E-state index contributed by atoms with van der Waals surface area (Å²) in [7, 11) is 1.43. The van der Waals surface area contributed by atoms with E-state index in [0.717, 1.165) is 10.5 Å². The first kappa shape index (κ1) is 18.5. The van der Waals surface area contributed by atoms with Gasteiger partial charge in [-0.1, -0.05) is 35.5 Å². The monoisotopic (exact) mass is 390 g/mol. The predicted octanol–water partition coefficient (Wildman–Crippen LogP) is 2.92. The molecule has 0 saturated heterocycles. The van der Waals surface area contributed by atoms with Crippen LogP contribution < -0.4 is 5.32 Å². The molecule has 1 aromatic heterocycles. The average Bonchev–Trinajstić information content (AvgIpc) is 3.28. The summed E-state index contributed by atoms with van der Waals surface area (Å²) < 4.78 is 5.23. The van der Waals surface area contributed by atoms with Crippen LogP contribution in [0.4, 0.5) is 5.69 Å². The Hall–Kier alpha value is -3.81. The molecule has 0 unspecified atom stereocenters. The molecule has 3 aromatic rings. The van der Waals surface area contributed by atoms with Crippen molar-refractivity contribution in [2.45, 2.75) is 19.3 Å². The van der Waals surface area contributed by atoms with Gasteiger partial charge in [-0.05, 0) is 24.6 Å².